The molecular formula is C24H32BN3O4. The van der Waals surface area contributed by atoms with E-state index in [1.807, 2.05) is 45.9 Å². The van der Waals surface area contributed by atoms with Crippen molar-refractivity contribution in [3.63, 3.8) is 0 Å². The first-order chi connectivity index (χ1) is 14.9. The second kappa shape index (κ2) is 8.60. The van der Waals surface area contributed by atoms with Crippen molar-refractivity contribution in [3.8, 4) is 0 Å². The van der Waals surface area contributed by atoms with Crippen molar-refractivity contribution < 1.29 is 19.4 Å². The summed E-state index contributed by atoms with van der Waals surface area (Å²) in [6.45, 7) is 14.1. The molecule has 0 aliphatic carbocycles. The van der Waals surface area contributed by atoms with Crippen molar-refractivity contribution >= 4 is 30.1 Å². The highest BCUT2D eigenvalue weighted by Gasteiger charge is 2.45. The topological polar surface area (TPSA) is 90.9 Å². The van der Waals surface area contributed by atoms with Crippen molar-refractivity contribution in [1.29, 1.82) is 0 Å². The maximum atomic E-state index is 13.7. The third-order valence-electron chi connectivity index (χ3n) is 6.54. The van der Waals surface area contributed by atoms with Crippen LogP contribution < -0.4 is 16.4 Å². The summed E-state index contributed by atoms with van der Waals surface area (Å²) in [7, 11) is -1.07. The average Bonchev–Trinajstić information content (AvgIpc) is 3.09. The Balaban J connectivity index is 2.01. The lowest BCUT2D eigenvalue weighted by Gasteiger charge is -2.49. The highest BCUT2D eigenvalue weighted by atomic mass is 16.7. The van der Waals surface area contributed by atoms with E-state index < -0.39 is 18.6 Å². The third kappa shape index (κ3) is 4.38. The number of hydrazine groups is 1. The fraction of sp³-hybridized carbons (Fsp3) is 0.417. The molecule has 1 aliphatic heterocycles. The van der Waals surface area contributed by atoms with Crippen molar-refractivity contribution in [2.24, 2.45) is 5.41 Å². The van der Waals surface area contributed by atoms with Crippen LogP contribution in [0.1, 0.15) is 72.9 Å². The summed E-state index contributed by atoms with van der Waals surface area (Å²) in [6.07, 6.45) is 0.638. The number of nitrogens with zero attached hydrogens (tertiary/aromatic N) is 1. The molecule has 8 heteroatoms. The Morgan fingerprint density at radius 3 is 2.25 bits per heavy atom. The van der Waals surface area contributed by atoms with Crippen LogP contribution in [-0.2, 0) is 4.76 Å². The predicted octanol–water partition coefficient (Wildman–Crippen LogP) is 3.35. The highest BCUT2D eigenvalue weighted by Crippen LogP contribution is 2.38. The first kappa shape index (κ1) is 23.8. The van der Waals surface area contributed by atoms with Crippen LogP contribution in [0.3, 0.4) is 0 Å². The van der Waals surface area contributed by atoms with Gasteiger partial charge in [0.1, 0.15) is 0 Å². The van der Waals surface area contributed by atoms with Crippen LogP contribution in [0.25, 0.3) is 0 Å². The Bertz CT molecular complexity index is 1030. The summed E-state index contributed by atoms with van der Waals surface area (Å²) in [5.41, 5.74) is 8.43. The number of hydrogen-bond donors (Lipinski definition) is 3. The van der Waals surface area contributed by atoms with Gasteiger partial charge in [0, 0.05) is 16.6 Å². The largest absolute Gasteiger partial charge is 0.516 e. The maximum absolute atomic E-state index is 13.7. The molecular weight excluding hydrogens is 405 g/mol. The minimum absolute atomic E-state index is 0.262. The number of aryl methyl sites for hydroxylation is 2. The van der Waals surface area contributed by atoms with E-state index in [1.54, 1.807) is 18.2 Å². The fourth-order valence-corrected chi connectivity index (χ4v) is 4.00. The summed E-state index contributed by atoms with van der Waals surface area (Å²) in [4.78, 5) is 27.0. The number of amides is 2. The Hall–Kier alpha value is -2.84. The van der Waals surface area contributed by atoms with Crippen LogP contribution in [0.2, 0.25) is 0 Å². The van der Waals surface area contributed by atoms with Gasteiger partial charge in [0.05, 0.1) is 11.2 Å². The van der Waals surface area contributed by atoms with E-state index in [9.17, 15) is 14.6 Å². The van der Waals surface area contributed by atoms with Gasteiger partial charge in [0.25, 0.3) is 11.8 Å². The minimum atomic E-state index is -1.07. The number of carbonyl (C=O) groups is 2. The lowest BCUT2D eigenvalue weighted by molar-refractivity contribution is -0.0166. The molecule has 32 heavy (non-hydrogen) atoms. The number of rotatable bonds is 4. The summed E-state index contributed by atoms with van der Waals surface area (Å²) < 4.78 is 4.98. The van der Waals surface area contributed by atoms with E-state index in [-0.39, 0.29) is 11.3 Å². The van der Waals surface area contributed by atoms with Crippen LogP contribution >= 0.6 is 0 Å². The van der Waals surface area contributed by atoms with E-state index in [4.69, 9.17) is 4.76 Å². The first-order valence-corrected chi connectivity index (χ1v) is 10.8. The van der Waals surface area contributed by atoms with Gasteiger partial charge in [0.2, 0.25) is 0 Å². The van der Waals surface area contributed by atoms with E-state index in [1.165, 1.54) is 5.01 Å². The molecule has 3 N–H and O–H groups in total. The number of fused-ring (bicyclic) bond motifs is 1. The van der Waals surface area contributed by atoms with Gasteiger partial charge in [0.15, 0.2) is 0 Å². The normalized spacial score (nSPS) is 14.9. The van der Waals surface area contributed by atoms with Gasteiger partial charge in [-0.3, -0.25) is 25.3 Å². The van der Waals surface area contributed by atoms with Crippen LogP contribution in [0, 0.1) is 19.3 Å². The molecule has 0 spiro atoms. The zero-order chi connectivity index (χ0) is 23.8. The van der Waals surface area contributed by atoms with Crippen LogP contribution in [0.4, 0.5) is 5.69 Å². The van der Waals surface area contributed by atoms with Gasteiger partial charge >= 0.3 is 7.12 Å². The number of hydrogen-bond acceptors (Lipinski definition) is 5. The average molecular weight is 437 g/mol. The second-order valence-corrected chi connectivity index (χ2v) is 9.71. The van der Waals surface area contributed by atoms with E-state index in [2.05, 4.69) is 31.7 Å². The minimum Gasteiger partial charge on any atom is -0.422 e. The molecule has 2 amide bonds. The number of anilines is 1. The zero-order valence-electron chi connectivity index (χ0n) is 19.9. The molecule has 1 heterocycles. The highest BCUT2D eigenvalue weighted by molar-refractivity contribution is 6.63. The fourth-order valence-electron chi connectivity index (χ4n) is 4.00. The van der Waals surface area contributed by atoms with Gasteiger partial charge in [-0.1, -0.05) is 51.0 Å². The Morgan fingerprint density at radius 1 is 1.06 bits per heavy atom. The van der Waals surface area contributed by atoms with Crippen LogP contribution in [0.5, 0.6) is 0 Å². The quantitative estimate of drug-likeness (QED) is 0.504. The molecule has 0 unspecified atom stereocenters. The molecule has 0 bridgehead atoms. The number of carbonyl (C=O) groups excluding carboxylic acids is 2. The number of nitrogens with one attached hydrogen (secondary N) is 2. The molecule has 0 aromatic heterocycles. The molecule has 7 nitrogen and oxygen atoms in total. The summed E-state index contributed by atoms with van der Waals surface area (Å²) in [5.74, 6) is -0.680. The monoisotopic (exact) mass is 437 g/mol. The first-order valence-electron chi connectivity index (χ1n) is 10.8. The van der Waals surface area contributed by atoms with E-state index in [0.717, 1.165) is 11.1 Å². The van der Waals surface area contributed by atoms with E-state index >= 15 is 0 Å². The van der Waals surface area contributed by atoms with Crippen LogP contribution in [0.15, 0.2) is 36.4 Å². The number of benzene rings is 2. The summed E-state index contributed by atoms with van der Waals surface area (Å²) in [5, 5.41) is 11.3. The molecule has 170 valence electrons. The lowest BCUT2D eigenvalue weighted by atomic mass is 9.72. The Morgan fingerprint density at radius 2 is 1.69 bits per heavy atom. The molecule has 2 aromatic carbocycles. The van der Waals surface area contributed by atoms with Crippen molar-refractivity contribution in [2.45, 2.75) is 60.4 Å². The predicted molar refractivity (Wildman–Crippen MR) is 126 cm³/mol. The Labute approximate surface area is 190 Å². The SMILES string of the molecule is CC[C@@](C)(N(NC(=O)c1ccc2c(c1)NOB2O)C(=O)c1cc(C)cc(C)c1)C(C)(C)C. The van der Waals surface area contributed by atoms with Gasteiger partial charge in [-0.2, -0.15) is 0 Å². The zero-order valence-corrected chi connectivity index (χ0v) is 19.9. The molecule has 2 aromatic rings. The van der Waals surface area contributed by atoms with Crippen LogP contribution in [-0.4, -0.2) is 34.5 Å². The van der Waals surface area contributed by atoms with Crippen molar-refractivity contribution in [1.82, 2.24) is 10.4 Å². The Kier molecular flexibility index (Phi) is 6.40. The molecule has 3 rings (SSSR count). The van der Waals surface area contributed by atoms with Gasteiger partial charge in [-0.25, -0.2) is 5.01 Å². The molecule has 0 fully saturated rings. The molecule has 1 aliphatic rings. The molecule has 1 atom stereocenters. The van der Waals surface area contributed by atoms with Gasteiger partial charge < -0.3 is 5.02 Å². The standard InChI is InChI=1S/C24H32BN3O4/c1-8-24(7,23(4,5)6)28(22(30)18-12-15(2)11-16(3)13-18)26-21(29)17-9-10-19-20(14-17)27-32-25(19)31/h9-14,27,31H,8H2,1-7H3,(H,26,29)/t24-/m1/s1. The summed E-state index contributed by atoms with van der Waals surface area (Å²) >= 11 is 0. The van der Waals surface area contributed by atoms with Crippen molar-refractivity contribution in [2.75, 3.05) is 5.48 Å². The van der Waals surface area contributed by atoms with Gasteiger partial charge in [-0.15, -0.1) is 0 Å². The van der Waals surface area contributed by atoms with Gasteiger partial charge in [-0.05, 0) is 56.9 Å². The third-order valence-corrected chi connectivity index (χ3v) is 6.54. The smallest absolute Gasteiger partial charge is 0.422 e. The lowest BCUT2D eigenvalue weighted by Crippen LogP contribution is -2.63. The molecule has 0 saturated heterocycles. The summed E-state index contributed by atoms with van der Waals surface area (Å²) in [6, 6.07) is 10.5. The second-order valence-electron chi connectivity index (χ2n) is 9.71. The van der Waals surface area contributed by atoms with Crippen molar-refractivity contribution in [3.05, 3.63) is 58.7 Å². The molecule has 0 saturated carbocycles. The molecule has 0 radical (unpaired) electrons. The maximum Gasteiger partial charge on any atom is 0.516 e. The van der Waals surface area contributed by atoms with E-state index in [0.29, 0.717) is 28.7 Å².